The highest BCUT2D eigenvalue weighted by molar-refractivity contribution is 6.33. The molecule has 0 aliphatic rings. The monoisotopic (exact) mass is 335 g/mol. The van der Waals surface area contributed by atoms with Gasteiger partial charge in [-0.3, -0.25) is 4.98 Å². The van der Waals surface area contributed by atoms with Gasteiger partial charge in [-0.05, 0) is 23.8 Å². The van der Waals surface area contributed by atoms with Crippen LogP contribution >= 0.6 is 11.6 Å². The van der Waals surface area contributed by atoms with Crippen LogP contribution in [0.2, 0.25) is 5.02 Å². The van der Waals surface area contributed by atoms with Gasteiger partial charge in [-0.2, -0.15) is 5.10 Å². The zero-order valence-electron chi connectivity index (χ0n) is 12.7. The first kappa shape index (κ1) is 14.8. The summed E-state index contributed by atoms with van der Waals surface area (Å²) in [7, 11) is 0. The van der Waals surface area contributed by atoms with Crippen LogP contribution in [0.3, 0.4) is 0 Å². The summed E-state index contributed by atoms with van der Waals surface area (Å²) >= 11 is 6.32. The molecular formula is C18H14ClN5. The van der Waals surface area contributed by atoms with Crippen LogP contribution in [0.25, 0.3) is 16.8 Å². The van der Waals surface area contributed by atoms with Crippen molar-refractivity contribution >= 4 is 17.2 Å². The maximum Gasteiger partial charge on any atom is 0.163 e. The SMILES string of the molecule is NC(c1cccnc1)c1ccn2ncc(-c3ccccc3Cl)c2n1. The fourth-order valence-electron chi connectivity index (χ4n) is 2.66. The van der Waals surface area contributed by atoms with Gasteiger partial charge in [0.2, 0.25) is 0 Å². The highest BCUT2D eigenvalue weighted by Gasteiger charge is 2.15. The van der Waals surface area contributed by atoms with Crippen molar-refractivity contribution in [1.29, 1.82) is 0 Å². The molecule has 4 aromatic rings. The zero-order chi connectivity index (χ0) is 16.5. The van der Waals surface area contributed by atoms with E-state index in [2.05, 4.69) is 10.1 Å². The third-order valence-electron chi connectivity index (χ3n) is 3.92. The van der Waals surface area contributed by atoms with Crippen molar-refractivity contribution in [2.24, 2.45) is 5.73 Å². The van der Waals surface area contributed by atoms with Crippen LogP contribution in [0.4, 0.5) is 0 Å². The minimum Gasteiger partial charge on any atom is -0.319 e. The molecule has 0 amide bonds. The second-order valence-corrected chi connectivity index (χ2v) is 5.83. The predicted octanol–water partition coefficient (Wildman–Crippen LogP) is 3.49. The van der Waals surface area contributed by atoms with Crippen molar-refractivity contribution in [3.05, 3.63) is 83.5 Å². The number of benzene rings is 1. The number of rotatable bonds is 3. The first-order valence-corrected chi connectivity index (χ1v) is 7.86. The molecule has 0 fully saturated rings. The summed E-state index contributed by atoms with van der Waals surface area (Å²) in [6.07, 6.45) is 7.10. The molecule has 0 saturated carbocycles. The highest BCUT2D eigenvalue weighted by Crippen LogP contribution is 2.30. The maximum absolute atomic E-state index is 6.34. The Labute approximate surface area is 143 Å². The topological polar surface area (TPSA) is 69.1 Å². The predicted molar refractivity (Wildman–Crippen MR) is 93.7 cm³/mol. The molecule has 0 aliphatic heterocycles. The number of nitrogens with zero attached hydrogens (tertiary/aromatic N) is 4. The summed E-state index contributed by atoms with van der Waals surface area (Å²) in [4.78, 5) is 8.84. The lowest BCUT2D eigenvalue weighted by Crippen LogP contribution is -2.14. The molecule has 0 radical (unpaired) electrons. The quantitative estimate of drug-likeness (QED) is 0.622. The van der Waals surface area contributed by atoms with Gasteiger partial charge in [0, 0.05) is 34.7 Å². The van der Waals surface area contributed by atoms with E-state index in [9.17, 15) is 0 Å². The lowest BCUT2D eigenvalue weighted by Gasteiger charge is -2.11. The molecule has 1 atom stereocenters. The second kappa shape index (κ2) is 6.03. The maximum atomic E-state index is 6.34. The molecule has 0 bridgehead atoms. The van der Waals surface area contributed by atoms with E-state index >= 15 is 0 Å². The number of fused-ring (bicyclic) bond motifs is 1. The molecule has 0 saturated heterocycles. The summed E-state index contributed by atoms with van der Waals surface area (Å²) in [6.45, 7) is 0. The van der Waals surface area contributed by atoms with Gasteiger partial charge in [0.15, 0.2) is 5.65 Å². The number of hydrogen-bond donors (Lipinski definition) is 1. The molecule has 3 heterocycles. The number of hydrogen-bond acceptors (Lipinski definition) is 4. The van der Waals surface area contributed by atoms with Crippen LogP contribution in [-0.2, 0) is 0 Å². The van der Waals surface area contributed by atoms with Crippen molar-refractivity contribution < 1.29 is 0 Å². The Hall–Kier alpha value is -2.76. The molecule has 4 rings (SSSR count). The molecule has 3 aromatic heterocycles. The van der Waals surface area contributed by atoms with E-state index in [4.69, 9.17) is 22.3 Å². The zero-order valence-corrected chi connectivity index (χ0v) is 13.4. The Balaban J connectivity index is 1.84. The van der Waals surface area contributed by atoms with E-state index < -0.39 is 0 Å². The fourth-order valence-corrected chi connectivity index (χ4v) is 2.89. The van der Waals surface area contributed by atoms with Gasteiger partial charge in [-0.15, -0.1) is 0 Å². The van der Waals surface area contributed by atoms with Crippen molar-refractivity contribution in [3.63, 3.8) is 0 Å². The van der Waals surface area contributed by atoms with Crippen LogP contribution in [-0.4, -0.2) is 19.6 Å². The summed E-state index contributed by atoms with van der Waals surface area (Å²) in [5.74, 6) is 0. The van der Waals surface area contributed by atoms with Crippen molar-refractivity contribution in [1.82, 2.24) is 19.6 Å². The smallest absolute Gasteiger partial charge is 0.163 e. The minimum atomic E-state index is -0.349. The van der Waals surface area contributed by atoms with Gasteiger partial charge < -0.3 is 5.73 Å². The van der Waals surface area contributed by atoms with Crippen LogP contribution in [0.1, 0.15) is 17.3 Å². The average Bonchev–Trinajstić information content (AvgIpc) is 3.05. The third-order valence-corrected chi connectivity index (χ3v) is 4.25. The number of pyridine rings is 1. The first-order valence-electron chi connectivity index (χ1n) is 7.49. The first-order chi connectivity index (χ1) is 11.7. The highest BCUT2D eigenvalue weighted by atomic mass is 35.5. The van der Waals surface area contributed by atoms with E-state index in [1.807, 2.05) is 48.7 Å². The van der Waals surface area contributed by atoms with Gasteiger partial charge in [-0.25, -0.2) is 9.50 Å². The Morgan fingerprint density at radius 1 is 1.00 bits per heavy atom. The Morgan fingerprint density at radius 3 is 2.67 bits per heavy atom. The van der Waals surface area contributed by atoms with Crippen LogP contribution in [0, 0.1) is 0 Å². The Kier molecular flexibility index (Phi) is 3.72. The average molecular weight is 336 g/mol. The summed E-state index contributed by atoms with van der Waals surface area (Å²) < 4.78 is 1.72. The summed E-state index contributed by atoms with van der Waals surface area (Å²) in [5, 5.41) is 5.01. The molecule has 24 heavy (non-hydrogen) atoms. The second-order valence-electron chi connectivity index (χ2n) is 5.42. The molecule has 1 unspecified atom stereocenters. The molecule has 2 N–H and O–H groups in total. The third kappa shape index (κ3) is 2.54. The van der Waals surface area contributed by atoms with Crippen LogP contribution in [0.5, 0.6) is 0 Å². The minimum absolute atomic E-state index is 0.349. The standard InChI is InChI=1S/C18H14ClN5/c19-15-6-2-1-5-13(15)14-11-22-24-9-7-16(23-18(14)24)17(20)12-4-3-8-21-10-12/h1-11,17H,20H2. The fraction of sp³-hybridized carbons (Fsp3) is 0.0556. The van der Waals surface area contributed by atoms with E-state index in [0.717, 1.165) is 28.0 Å². The number of nitrogens with two attached hydrogens (primary N) is 1. The van der Waals surface area contributed by atoms with Gasteiger partial charge in [0.25, 0.3) is 0 Å². The number of halogens is 1. The van der Waals surface area contributed by atoms with E-state index in [1.54, 1.807) is 23.1 Å². The van der Waals surface area contributed by atoms with E-state index in [1.165, 1.54) is 0 Å². The molecule has 0 spiro atoms. The molecule has 5 nitrogen and oxygen atoms in total. The lowest BCUT2D eigenvalue weighted by atomic mass is 10.1. The van der Waals surface area contributed by atoms with Crippen molar-refractivity contribution in [3.8, 4) is 11.1 Å². The molecule has 1 aromatic carbocycles. The van der Waals surface area contributed by atoms with Crippen molar-refractivity contribution in [2.45, 2.75) is 6.04 Å². The van der Waals surface area contributed by atoms with Gasteiger partial charge in [-0.1, -0.05) is 35.9 Å². The molecular weight excluding hydrogens is 322 g/mol. The van der Waals surface area contributed by atoms with Crippen LogP contribution < -0.4 is 5.73 Å². The number of aromatic nitrogens is 4. The van der Waals surface area contributed by atoms with Gasteiger partial charge in [0.05, 0.1) is 17.9 Å². The van der Waals surface area contributed by atoms with E-state index in [-0.39, 0.29) is 6.04 Å². The lowest BCUT2D eigenvalue weighted by molar-refractivity contribution is 0.809. The van der Waals surface area contributed by atoms with Gasteiger partial charge >= 0.3 is 0 Å². The summed E-state index contributed by atoms with van der Waals surface area (Å²) in [5.41, 5.74) is 10.5. The van der Waals surface area contributed by atoms with Gasteiger partial charge in [0.1, 0.15) is 0 Å². The molecule has 6 heteroatoms. The summed E-state index contributed by atoms with van der Waals surface area (Å²) in [6, 6.07) is 13.0. The van der Waals surface area contributed by atoms with E-state index in [0.29, 0.717) is 5.02 Å². The molecule has 0 aliphatic carbocycles. The molecule has 118 valence electrons. The Bertz CT molecular complexity index is 997. The Morgan fingerprint density at radius 2 is 1.88 bits per heavy atom. The van der Waals surface area contributed by atoms with Crippen LogP contribution in [0.15, 0.2) is 67.3 Å². The largest absolute Gasteiger partial charge is 0.319 e. The normalized spacial score (nSPS) is 12.4. The van der Waals surface area contributed by atoms with Crippen molar-refractivity contribution in [2.75, 3.05) is 0 Å².